The highest BCUT2D eigenvalue weighted by Gasteiger charge is 2.09. The summed E-state index contributed by atoms with van der Waals surface area (Å²) >= 11 is 3.40. The van der Waals surface area contributed by atoms with E-state index in [1.54, 1.807) is 20.1 Å². The van der Waals surface area contributed by atoms with Gasteiger partial charge >= 0.3 is 0 Å². The fraction of sp³-hybridized carbons (Fsp3) is 0.250. The molecule has 1 N–H and O–H groups in total. The van der Waals surface area contributed by atoms with Crippen LogP contribution in [0.15, 0.2) is 46.9 Å². The molecule has 0 heterocycles. The van der Waals surface area contributed by atoms with Gasteiger partial charge in [0.15, 0.2) is 11.5 Å². The quantitative estimate of drug-likeness (QED) is 0.893. The maximum Gasteiger partial charge on any atom is 0.161 e. The molecule has 3 nitrogen and oxygen atoms in total. The highest BCUT2D eigenvalue weighted by molar-refractivity contribution is 9.10. The number of aliphatic hydroxyl groups is 1. The SMILES string of the molecule is COc1cc([C@H](C)O)ccc1OCc1ccc(Br)cc1. The summed E-state index contributed by atoms with van der Waals surface area (Å²) in [5, 5.41) is 9.57. The molecule has 1 atom stereocenters. The minimum absolute atomic E-state index is 0.470. The van der Waals surface area contributed by atoms with Crippen LogP contribution in [0.4, 0.5) is 0 Å². The number of hydrogen-bond donors (Lipinski definition) is 1. The molecule has 0 aliphatic rings. The lowest BCUT2D eigenvalue weighted by Gasteiger charge is -2.13. The zero-order valence-corrected chi connectivity index (χ0v) is 13.1. The first kappa shape index (κ1) is 14.9. The lowest BCUT2D eigenvalue weighted by molar-refractivity contribution is 0.198. The number of aliphatic hydroxyl groups excluding tert-OH is 1. The van der Waals surface area contributed by atoms with Gasteiger partial charge in [-0.25, -0.2) is 0 Å². The Hall–Kier alpha value is -1.52. The smallest absolute Gasteiger partial charge is 0.161 e. The third-order valence-corrected chi connectivity index (χ3v) is 3.51. The number of halogens is 1. The van der Waals surface area contributed by atoms with Crippen LogP contribution in [0.25, 0.3) is 0 Å². The summed E-state index contributed by atoms with van der Waals surface area (Å²) in [5.41, 5.74) is 1.88. The summed E-state index contributed by atoms with van der Waals surface area (Å²) in [4.78, 5) is 0. The molecular formula is C16H17BrO3. The molecule has 0 aliphatic carbocycles. The van der Waals surface area contributed by atoms with E-state index in [1.165, 1.54) is 0 Å². The van der Waals surface area contributed by atoms with E-state index in [9.17, 15) is 5.11 Å². The van der Waals surface area contributed by atoms with E-state index in [0.29, 0.717) is 18.1 Å². The Morgan fingerprint density at radius 3 is 2.40 bits per heavy atom. The average molecular weight is 337 g/mol. The Morgan fingerprint density at radius 1 is 1.10 bits per heavy atom. The Balaban J connectivity index is 2.10. The molecule has 0 saturated heterocycles. The number of benzene rings is 2. The van der Waals surface area contributed by atoms with E-state index >= 15 is 0 Å². The van der Waals surface area contributed by atoms with Gasteiger partial charge in [0.2, 0.25) is 0 Å². The average Bonchev–Trinajstić information content (AvgIpc) is 2.46. The predicted octanol–water partition coefficient (Wildman–Crippen LogP) is 4.09. The van der Waals surface area contributed by atoms with Crippen molar-refractivity contribution in [3.05, 3.63) is 58.1 Å². The summed E-state index contributed by atoms with van der Waals surface area (Å²) < 4.78 is 12.1. The summed E-state index contributed by atoms with van der Waals surface area (Å²) in [7, 11) is 1.59. The molecule has 0 aromatic heterocycles. The van der Waals surface area contributed by atoms with Gasteiger partial charge in [-0.05, 0) is 42.3 Å². The van der Waals surface area contributed by atoms with Crippen molar-refractivity contribution in [3.63, 3.8) is 0 Å². The van der Waals surface area contributed by atoms with Crippen molar-refractivity contribution in [1.82, 2.24) is 0 Å². The number of ether oxygens (including phenoxy) is 2. The lowest BCUT2D eigenvalue weighted by atomic mass is 10.1. The molecule has 4 heteroatoms. The molecule has 2 aromatic carbocycles. The van der Waals surface area contributed by atoms with Gasteiger partial charge in [-0.3, -0.25) is 0 Å². The van der Waals surface area contributed by atoms with Crippen LogP contribution >= 0.6 is 15.9 Å². The van der Waals surface area contributed by atoms with Gasteiger partial charge in [-0.2, -0.15) is 0 Å². The van der Waals surface area contributed by atoms with Crippen molar-refractivity contribution < 1.29 is 14.6 Å². The van der Waals surface area contributed by atoms with E-state index in [0.717, 1.165) is 15.6 Å². The van der Waals surface area contributed by atoms with Gasteiger partial charge in [0.05, 0.1) is 13.2 Å². The first-order chi connectivity index (χ1) is 9.60. The predicted molar refractivity (Wildman–Crippen MR) is 82.1 cm³/mol. The van der Waals surface area contributed by atoms with Crippen molar-refractivity contribution in [2.75, 3.05) is 7.11 Å². The zero-order chi connectivity index (χ0) is 14.5. The minimum atomic E-state index is -0.524. The summed E-state index contributed by atoms with van der Waals surface area (Å²) in [5.74, 6) is 1.29. The number of hydrogen-bond acceptors (Lipinski definition) is 3. The van der Waals surface area contributed by atoms with Gasteiger partial charge in [-0.1, -0.05) is 34.1 Å². The standard InChI is InChI=1S/C16H17BrO3/c1-11(18)13-5-8-15(16(9-13)19-2)20-10-12-3-6-14(17)7-4-12/h3-9,11,18H,10H2,1-2H3/t11-/m0/s1. The molecular weight excluding hydrogens is 320 g/mol. The van der Waals surface area contributed by atoms with Crippen molar-refractivity contribution in [1.29, 1.82) is 0 Å². The van der Waals surface area contributed by atoms with Crippen molar-refractivity contribution in [2.45, 2.75) is 19.6 Å². The van der Waals surface area contributed by atoms with Crippen molar-refractivity contribution in [2.24, 2.45) is 0 Å². The van der Waals surface area contributed by atoms with E-state index in [4.69, 9.17) is 9.47 Å². The molecule has 0 bridgehead atoms. The molecule has 0 aliphatic heterocycles. The second kappa shape index (κ2) is 6.77. The maximum absolute atomic E-state index is 9.57. The van der Waals surface area contributed by atoms with Crippen molar-refractivity contribution in [3.8, 4) is 11.5 Å². The fourth-order valence-corrected chi connectivity index (χ4v) is 2.07. The molecule has 106 valence electrons. The normalized spacial score (nSPS) is 12.0. The summed E-state index contributed by atoms with van der Waals surface area (Å²) in [6.07, 6.45) is -0.524. The summed E-state index contributed by atoms with van der Waals surface area (Å²) in [6.45, 7) is 2.19. The van der Waals surface area contributed by atoms with Crippen LogP contribution in [-0.4, -0.2) is 12.2 Å². The Kier molecular flexibility index (Phi) is 5.04. The first-order valence-corrected chi connectivity index (χ1v) is 7.12. The van der Waals surface area contributed by atoms with Crippen LogP contribution in [0.1, 0.15) is 24.2 Å². The fourth-order valence-electron chi connectivity index (χ4n) is 1.80. The van der Waals surface area contributed by atoms with E-state index in [1.807, 2.05) is 36.4 Å². The van der Waals surface area contributed by atoms with Crippen molar-refractivity contribution >= 4 is 15.9 Å². The minimum Gasteiger partial charge on any atom is -0.493 e. The van der Waals surface area contributed by atoms with Gasteiger partial charge in [0.1, 0.15) is 6.61 Å². The van der Waals surface area contributed by atoms with E-state index < -0.39 is 6.10 Å². The number of rotatable bonds is 5. The molecule has 0 radical (unpaired) electrons. The third kappa shape index (κ3) is 3.74. The van der Waals surface area contributed by atoms with Crippen LogP contribution < -0.4 is 9.47 Å². The molecule has 2 rings (SSSR count). The topological polar surface area (TPSA) is 38.7 Å². The molecule has 20 heavy (non-hydrogen) atoms. The summed E-state index contributed by atoms with van der Waals surface area (Å²) in [6, 6.07) is 13.4. The van der Waals surface area contributed by atoms with Gasteiger partial charge in [0.25, 0.3) is 0 Å². The Labute approximate surface area is 127 Å². The highest BCUT2D eigenvalue weighted by Crippen LogP contribution is 2.30. The molecule has 0 amide bonds. The molecule has 0 fully saturated rings. The molecule has 2 aromatic rings. The first-order valence-electron chi connectivity index (χ1n) is 6.33. The van der Waals surface area contributed by atoms with Crippen LogP contribution in [0, 0.1) is 0 Å². The molecule has 0 spiro atoms. The van der Waals surface area contributed by atoms with E-state index in [-0.39, 0.29) is 0 Å². The third-order valence-electron chi connectivity index (χ3n) is 2.98. The largest absolute Gasteiger partial charge is 0.493 e. The maximum atomic E-state index is 9.57. The second-order valence-electron chi connectivity index (χ2n) is 4.50. The molecule has 0 unspecified atom stereocenters. The van der Waals surface area contributed by atoms with Gasteiger partial charge in [-0.15, -0.1) is 0 Å². The Morgan fingerprint density at radius 2 is 1.80 bits per heavy atom. The van der Waals surface area contributed by atoms with Crippen LogP contribution in [-0.2, 0) is 6.61 Å². The Bertz CT molecular complexity index is 564. The highest BCUT2D eigenvalue weighted by atomic mass is 79.9. The monoisotopic (exact) mass is 336 g/mol. The second-order valence-corrected chi connectivity index (χ2v) is 5.42. The van der Waals surface area contributed by atoms with Crippen LogP contribution in [0.2, 0.25) is 0 Å². The molecule has 0 saturated carbocycles. The lowest BCUT2D eigenvalue weighted by Crippen LogP contribution is -1.99. The number of methoxy groups -OCH3 is 1. The van der Waals surface area contributed by atoms with Gasteiger partial charge < -0.3 is 14.6 Å². The van der Waals surface area contributed by atoms with Gasteiger partial charge in [0, 0.05) is 4.47 Å². The van der Waals surface area contributed by atoms with E-state index in [2.05, 4.69) is 15.9 Å². The zero-order valence-electron chi connectivity index (χ0n) is 11.5. The van der Waals surface area contributed by atoms with Crippen LogP contribution in [0.3, 0.4) is 0 Å². The van der Waals surface area contributed by atoms with Crippen LogP contribution in [0.5, 0.6) is 11.5 Å².